The lowest BCUT2D eigenvalue weighted by Gasteiger charge is -2.04. The molecule has 120 valence electrons. The second-order valence-corrected chi connectivity index (χ2v) is 6.71. The highest BCUT2D eigenvalue weighted by molar-refractivity contribution is 7.99. The first-order valence-corrected chi connectivity index (χ1v) is 8.99. The average molecular weight is 348 g/mol. The van der Waals surface area contributed by atoms with Gasteiger partial charge >= 0.3 is 0 Å². The molecule has 2 heterocycles. The number of nitriles is 1. The van der Waals surface area contributed by atoms with Crippen molar-refractivity contribution in [3.05, 3.63) is 39.1 Å². The molecule has 0 saturated heterocycles. The monoisotopic (exact) mass is 348 g/mol. The quantitative estimate of drug-likeness (QED) is 0.592. The molecule has 0 bridgehead atoms. The minimum Gasteiger partial charge on any atom is -0.317 e. The zero-order valence-corrected chi connectivity index (χ0v) is 14.2. The molecule has 2 aromatic rings. The Hall–Kier alpha value is -2.11. The third kappa shape index (κ3) is 5.23. The molecule has 0 radical (unpaired) electrons. The summed E-state index contributed by atoms with van der Waals surface area (Å²) in [5.41, 5.74) is 1.06. The van der Waals surface area contributed by atoms with Crippen molar-refractivity contribution in [3.8, 4) is 6.07 Å². The van der Waals surface area contributed by atoms with E-state index in [0.29, 0.717) is 21.5 Å². The van der Waals surface area contributed by atoms with Crippen LogP contribution in [0.25, 0.3) is 0 Å². The molecule has 1 amide bonds. The Morgan fingerprint density at radius 3 is 3.13 bits per heavy atom. The van der Waals surface area contributed by atoms with Gasteiger partial charge in [-0.3, -0.25) is 9.59 Å². The van der Waals surface area contributed by atoms with Crippen LogP contribution in [-0.4, -0.2) is 21.6 Å². The number of rotatable bonds is 7. The fourth-order valence-electron chi connectivity index (χ4n) is 1.86. The molecule has 2 aromatic heterocycles. The highest BCUT2D eigenvalue weighted by Crippen LogP contribution is 2.22. The van der Waals surface area contributed by atoms with Crippen LogP contribution >= 0.6 is 23.1 Å². The van der Waals surface area contributed by atoms with E-state index in [0.717, 1.165) is 18.5 Å². The third-order valence-electron chi connectivity index (χ3n) is 2.89. The molecule has 0 aliphatic rings. The minimum atomic E-state index is -0.173. The van der Waals surface area contributed by atoms with Gasteiger partial charge in [-0.05, 0) is 17.9 Å². The predicted octanol–water partition coefficient (Wildman–Crippen LogP) is 2.78. The van der Waals surface area contributed by atoms with Gasteiger partial charge in [0.05, 0.1) is 5.56 Å². The average Bonchev–Trinajstić information content (AvgIpc) is 2.94. The normalized spacial score (nSPS) is 10.3. The molecule has 0 aliphatic heterocycles. The van der Waals surface area contributed by atoms with Gasteiger partial charge in [-0.1, -0.05) is 25.1 Å². The van der Waals surface area contributed by atoms with Gasteiger partial charge in [-0.2, -0.15) is 5.26 Å². The van der Waals surface area contributed by atoms with Gasteiger partial charge in [0.25, 0.3) is 5.56 Å². The van der Waals surface area contributed by atoms with Crippen molar-refractivity contribution >= 4 is 34.0 Å². The summed E-state index contributed by atoms with van der Waals surface area (Å²) >= 11 is 2.66. The first-order chi connectivity index (χ1) is 11.1. The van der Waals surface area contributed by atoms with Crippen LogP contribution in [0.4, 0.5) is 5.00 Å². The van der Waals surface area contributed by atoms with E-state index in [1.165, 1.54) is 29.2 Å². The lowest BCUT2D eigenvalue weighted by atomic mass is 10.2. The Bertz CT molecular complexity index is 776. The molecule has 6 nitrogen and oxygen atoms in total. The van der Waals surface area contributed by atoms with Crippen LogP contribution in [0.3, 0.4) is 0 Å². The topological polar surface area (TPSA) is 98.6 Å². The number of thioether (sulfide) groups is 1. The van der Waals surface area contributed by atoms with Gasteiger partial charge in [0, 0.05) is 23.9 Å². The van der Waals surface area contributed by atoms with Crippen molar-refractivity contribution in [1.29, 1.82) is 5.26 Å². The number of aromatic nitrogens is 2. The van der Waals surface area contributed by atoms with Crippen LogP contribution in [0.2, 0.25) is 0 Å². The maximum absolute atomic E-state index is 11.9. The van der Waals surface area contributed by atoms with Crippen LogP contribution in [0.15, 0.2) is 27.5 Å². The molecule has 8 heteroatoms. The van der Waals surface area contributed by atoms with E-state index < -0.39 is 0 Å². The number of aromatic amines is 1. The molecule has 2 N–H and O–H groups in total. The summed E-state index contributed by atoms with van der Waals surface area (Å²) in [6.07, 6.45) is 1.95. The Morgan fingerprint density at radius 1 is 1.57 bits per heavy atom. The number of nitrogens with zero attached hydrogens (tertiary/aromatic N) is 2. The van der Waals surface area contributed by atoms with Crippen LogP contribution in [-0.2, 0) is 11.2 Å². The van der Waals surface area contributed by atoms with Crippen molar-refractivity contribution in [1.82, 2.24) is 9.97 Å². The fraction of sp³-hybridized carbons (Fsp3) is 0.333. The smallest absolute Gasteiger partial charge is 0.251 e. The predicted molar refractivity (Wildman–Crippen MR) is 91.9 cm³/mol. The third-order valence-corrected chi connectivity index (χ3v) is 4.59. The zero-order chi connectivity index (χ0) is 16.7. The van der Waals surface area contributed by atoms with Gasteiger partial charge in [-0.15, -0.1) is 11.3 Å². The standard InChI is InChI=1S/C15H16N4O2S2/c1-2-3-11-8-13(21)19-15(17-11)23-7-5-12(20)18-14-10(9-16)4-6-22-14/h4,6,8H,2-3,5,7H2,1H3,(H,18,20)(H,17,19,21). The van der Waals surface area contributed by atoms with Crippen molar-refractivity contribution in [2.24, 2.45) is 0 Å². The number of thiophene rings is 1. The molecule has 23 heavy (non-hydrogen) atoms. The van der Waals surface area contributed by atoms with Crippen LogP contribution < -0.4 is 10.9 Å². The molecule has 0 atom stereocenters. The number of carbonyl (C=O) groups excluding carboxylic acids is 1. The number of carbonyl (C=O) groups is 1. The number of amides is 1. The summed E-state index contributed by atoms with van der Waals surface area (Å²) in [4.78, 5) is 30.5. The summed E-state index contributed by atoms with van der Waals surface area (Å²) in [5, 5.41) is 14.5. The van der Waals surface area contributed by atoms with Crippen molar-refractivity contribution in [2.75, 3.05) is 11.1 Å². The SMILES string of the molecule is CCCc1cc(=O)[nH]c(SCCC(=O)Nc2sccc2C#N)n1. The number of hydrogen-bond donors (Lipinski definition) is 2. The van der Waals surface area contributed by atoms with Gasteiger partial charge < -0.3 is 10.3 Å². The highest BCUT2D eigenvalue weighted by atomic mass is 32.2. The minimum absolute atomic E-state index is 0.163. The van der Waals surface area contributed by atoms with Gasteiger partial charge in [0.15, 0.2) is 5.16 Å². The Balaban J connectivity index is 1.86. The molecule has 0 aromatic carbocycles. The highest BCUT2D eigenvalue weighted by Gasteiger charge is 2.09. The largest absolute Gasteiger partial charge is 0.317 e. The van der Waals surface area contributed by atoms with Gasteiger partial charge in [0.2, 0.25) is 5.91 Å². The molecule has 0 aliphatic carbocycles. The second kappa shape index (κ2) is 8.50. The fourth-order valence-corrected chi connectivity index (χ4v) is 3.45. The number of anilines is 1. The van der Waals surface area contributed by atoms with E-state index in [1.54, 1.807) is 11.4 Å². The summed E-state index contributed by atoms with van der Waals surface area (Å²) in [5.74, 6) is 0.334. The van der Waals surface area contributed by atoms with E-state index in [1.807, 2.05) is 13.0 Å². The Labute approximate surface area is 142 Å². The maximum Gasteiger partial charge on any atom is 0.251 e. The number of nitrogens with one attached hydrogen (secondary N) is 2. The van der Waals surface area contributed by atoms with Crippen molar-refractivity contribution in [3.63, 3.8) is 0 Å². The Kier molecular flexibility index (Phi) is 6.38. The number of aryl methyl sites for hydroxylation is 1. The number of hydrogen-bond acceptors (Lipinski definition) is 6. The first-order valence-electron chi connectivity index (χ1n) is 7.13. The molecular formula is C15H16N4O2S2. The van der Waals surface area contributed by atoms with Crippen molar-refractivity contribution < 1.29 is 4.79 Å². The molecular weight excluding hydrogens is 332 g/mol. The summed E-state index contributed by atoms with van der Waals surface area (Å²) < 4.78 is 0. The summed E-state index contributed by atoms with van der Waals surface area (Å²) in [6.45, 7) is 2.03. The zero-order valence-electron chi connectivity index (χ0n) is 12.6. The van der Waals surface area contributed by atoms with E-state index in [2.05, 4.69) is 15.3 Å². The molecule has 0 spiro atoms. The van der Waals surface area contributed by atoms with E-state index >= 15 is 0 Å². The lowest BCUT2D eigenvalue weighted by molar-refractivity contribution is -0.115. The maximum atomic E-state index is 11.9. The van der Waals surface area contributed by atoms with E-state index in [-0.39, 0.29) is 17.9 Å². The number of H-pyrrole nitrogens is 1. The lowest BCUT2D eigenvalue weighted by Crippen LogP contribution is -2.13. The van der Waals surface area contributed by atoms with E-state index in [9.17, 15) is 9.59 Å². The van der Waals surface area contributed by atoms with Crippen LogP contribution in [0, 0.1) is 11.3 Å². The molecule has 2 rings (SSSR count). The van der Waals surface area contributed by atoms with E-state index in [4.69, 9.17) is 5.26 Å². The van der Waals surface area contributed by atoms with Crippen LogP contribution in [0.1, 0.15) is 31.0 Å². The first kappa shape index (κ1) is 17.2. The van der Waals surface area contributed by atoms with Crippen LogP contribution in [0.5, 0.6) is 0 Å². The van der Waals surface area contributed by atoms with Crippen molar-refractivity contribution in [2.45, 2.75) is 31.3 Å². The van der Waals surface area contributed by atoms with Gasteiger partial charge in [-0.25, -0.2) is 4.98 Å². The molecule has 0 saturated carbocycles. The second-order valence-electron chi connectivity index (χ2n) is 4.71. The summed E-state index contributed by atoms with van der Waals surface area (Å²) in [6, 6.07) is 5.20. The van der Waals surface area contributed by atoms with Gasteiger partial charge in [0.1, 0.15) is 11.1 Å². The molecule has 0 fully saturated rings. The molecule has 0 unspecified atom stereocenters. The Morgan fingerprint density at radius 2 is 2.39 bits per heavy atom. The summed E-state index contributed by atoms with van der Waals surface area (Å²) in [7, 11) is 0.